The van der Waals surface area contributed by atoms with Crippen molar-refractivity contribution in [1.29, 1.82) is 0 Å². The second kappa shape index (κ2) is 7.47. The van der Waals surface area contributed by atoms with E-state index in [4.69, 9.17) is 9.57 Å². The Balaban J connectivity index is 1.84. The molecule has 0 spiro atoms. The molecule has 3 aromatic carbocycles. The number of anilines is 2. The van der Waals surface area contributed by atoms with Crippen molar-refractivity contribution in [2.24, 2.45) is 0 Å². The molecule has 0 saturated carbocycles. The fraction of sp³-hybridized carbons (Fsp3) is 0.100. The van der Waals surface area contributed by atoms with Crippen LogP contribution in [-0.2, 0) is 11.4 Å². The van der Waals surface area contributed by atoms with E-state index >= 15 is 0 Å². The predicted molar refractivity (Wildman–Crippen MR) is 92.8 cm³/mol. The molecular formula is C20H19NO2. The molecule has 0 aromatic heterocycles. The van der Waals surface area contributed by atoms with Crippen LogP contribution in [0.5, 0.6) is 5.75 Å². The third kappa shape index (κ3) is 3.90. The molecule has 3 heteroatoms. The molecule has 0 atom stereocenters. The number of nitrogens with zero attached hydrogens (tertiary/aromatic N) is 1. The van der Waals surface area contributed by atoms with Gasteiger partial charge in [0.1, 0.15) is 12.4 Å². The third-order valence-corrected chi connectivity index (χ3v) is 3.50. The van der Waals surface area contributed by atoms with Gasteiger partial charge in [-0.3, -0.25) is 4.84 Å². The molecule has 0 radical (unpaired) electrons. The van der Waals surface area contributed by atoms with Gasteiger partial charge in [-0.1, -0.05) is 48.5 Å². The highest BCUT2D eigenvalue weighted by molar-refractivity contribution is 5.61. The summed E-state index contributed by atoms with van der Waals surface area (Å²) in [6.07, 6.45) is 0. The van der Waals surface area contributed by atoms with Crippen LogP contribution in [0.15, 0.2) is 84.9 Å². The van der Waals surface area contributed by atoms with Crippen molar-refractivity contribution in [3.63, 3.8) is 0 Å². The van der Waals surface area contributed by atoms with Gasteiger partial charge in [-0.05, 0) is 42.0 Å². The Hall–Kier alpha value is -2.78. The Labute approximate surface area is 136 Å². The van der Waals surface area contributed by atoms with E-state index in [2.05, 4.69) is 12.1 Å². The van der Waals surface area contributed by atoms with Gasteiger partial charge in [-0.25, -0.2) is 5.06 Å². The SMILES string of the molecule is COc1ccc(N(OCc2ccccc2)c2ccccc2)cc1. The zero-order valence-electron chi connectivity index (χ0n) is 13.1. The summed E-state index contributed by atoms with van der Waals surface area (Å²) in [5.74, 6) is 0.824. The fourth-order valence-electron chi connectivity index (χ4n) is 2.29. The van der Waals surface area contributed by atoms with Crippen molar-refractivity contribution in [3.05, 3.63) is 90.5 Å². The van der Waals surface area contributed by atoms with E-state index < -0.39 is 0 Å². The molecule has 0 N–H and O–H groups in total. The predicted octanol–water partition coefficient (Wildman–Crippen LogP) is 4.97. The standard InChI is InChI=1S/C20H19NO2/c1-22-20-14-12-19(13-15-20)21(18-10-6-3-7-11-18)23-16-17-8-4-2-5-9-17/h2-15H,16H2,1H3. The van der Waals surface area contributed by atoms with Crippen LogP contribution in [0, 0.1) is 0 Å². The summed E-state index contributed by atoms with van der Waals surface area (Å²) in [6, 6.07) is 28.0. The topological polar surface area (TPSA) is 21.7 Å². The van der Waals surface area contributed by atoms with Gasteiger partial charge in [0.05, 0.1) is 18.5 Å². The maximum atomic E-state index is 6.07. The molecule has 0 unspecified atom stereocenters. The van der Waals surface area contributed by atoms with Crippen molar-refractivity contribution >= 4 is 11.4 Å². The number of hydrogen-bond acceptors (Lipinski definition) is 3. The highest BCUT2D eigenvalue weighted by Gasteiger charge is 2.10. The molecule has 0 amide bonds. The highest BCUT2D eigenvalue weighted by Crippen LogP contribution is 2.28. The van der Waals surface area contributed by atoms with Crippen LogP contribution >= 0.6 is 0 Å². The van der Waals surface area contributed by atoms with Crippen LogP contribution in [0.25, 0.3) is 0 Å². The molecule has 0 heterocycles. The number of hydrogen-bond donors (Lipinski definition) is 0. The van der Waals surface area contributed by atoms with Gasteiger partial charge >= 0.3 is 0 Å². The van der Waals surface area contributed by atoms with Crippen molar-refractivity contribution in [2.45, 2.75) is 6.61 Å². The maximum Gasteiger partial charge on any atom is 0.119 e. The second-order valence-corrected chi connectivity index (χ2v) is 5.09. The lowest BCUT2D eigenvalue weighted by Crippen LogP contribution is -2.17. The quantitative estimate of drug-likeness (QED) is 0.600. The van der Waals surface area contributed by atoms with E-state index in [1.165, 1.54) is 0 Å². The maximum absolute atomic E-state index is 6.07. The van der Waals surface area contributed by atoms with Gasteiger partial charge in [0.15, 0.2) is 0 Å². The number of methoxy groups -OCH3 is 1. The van der Waals surface area contributed by atoms with Crippen molar-refractivity contribution in [2.75, 3.05) is 12.2 Å². The molecule has 23 heavy (non-hydrogen) atoms. The lowest BCUT2D eigenvalue weighted by molar-refractivity contribution is 0.122. The van der Waals surface area contributed by atoms with Crippen LogP contribution in [0.1, 0.15) is 5.56 Å². The smallest absolute Gasteiger partial charge is 0.119 e. The summed E-state index contributed by atoms with van der Waals surface area (Å²) in [5.41, 5.74) is 3.06. The van der Waals surface area contributed by atoms with Crippen LogP contribution in [0.3, 0.4) is 0 Å². The molecule has 0 aliphatic heterocycles. The zero-order chi connectivity index (χ0) is 15.9. The average Bonchev–Trinajstić information content (AvgIpc) is 2.64. The first-order valence-corrected chi connectivity index (χ1v) is 7.53. The van der Waals surface area contributed by atoms with Crippen LogP contribution < -0.4 is 9.80 Å². The van der Waals surface area contributed by atoms with Crippen LogP contribution in [-0.4, -0.2) is 7.11 Å². The Morgan fingerprint density at radius 2 is 1.26 bits per heavy atom. The van der Waals surface area contributed by atoms with E-state index in [0.29, 0.717) is 6.61 Å². The third-order valence-electron chi connectivity index (χ3n) is 3.50. The Kier molecular flexibility index (Phi) is 4.92. The van der Waals surface area contributed by atoms with E-state index in [1.807, 2.05) is 77.9 Å². The summed E-state index contributed by atoms with van der Waals surface area (Å²) in [5, 5.41) is 1.84. The Morgan fingerprint density at radius 1 is 0.696 bits per heavy atom. The fourth-order valence-corrected chi connectivity index (χ4v) is 2.29. The Morgan fingerprint density at radius 3 is 1.87 bits per heavy atom. The largest absolute Gasteiger partial charge is 0.497 e. The Bertz CT molecular complexity index is 712. The normalized spacial score (nSPS) is 10.3. The minimum Gasteiger partial charge on any atom is -0.497 e. The molecule has 0 saturated heterocycles. The zero-order valence-corrected chi connectivity index (χ0v) is 13.1. The average molecular weight is 305 g/mol. The van der Waals surface area contributed by atoms with Crippen LogP contribution in [0.4, 0.5) is 11.4 Å². The molecule has 3 nitrogen and oxygen atoms in total. The molecule has 0 fully saturated rings. The number of benzene rings is 3. The van der Waals surface area contributed by atoms with Crippen molar-refractivity contribution in [3.8, 4) is 5.75 Å². The monoisotopic (exact) mass is 305 g/mol. The molecular weight excluding hydrogens is 286 g/mol. The van der Waals surface area contributed by atoms with Gasteiger partial charge in [-0.2, -0.15) is 0 Å². The summed E-state index contributed by atoms with van der Waals surface area (Å²) in [6.45, 7) is 0.502. The van der Waals surface area contributed by atoms with Crippen LogP contribution in [0.2, 0.25) is 0 Å². The van der Waals surface area contributed by atoms with Gasteiger partial charge in [0.2, 0.25) is 0 Å². The lowest BCUT2D eigenvalue weighted by Gasteiger charge is -2.24. The van der Waals surface area contributed by atoms with E-state index in [-0.39, 0.29) is 0 Å². The van der Waals surface area contributed by atoms with E-state index in [0.717, 1.165) is 22.7 Å². The van der Waals surface area contributed by atoms with Gasteiger partial charge in [-0.15, -0.1) is 0 Å². The summed E-state index contributed by atoms with van der Waals surface area (Å²) in [4.78, 5) is 6.07. The molecule has 0 aliphatic rings. The molecule has 3 aromatic rings. The summed E-state index contributed by atoms with van der Waals surface area (Å²) in [7, 11) is 1.66. The highest BCUT2D eigenvalue weighted by atomic mass is 16.7. The van der Waals surface area contributed by atoms with Crippen molar-refractivity contribution in [1.82, 2.24) is 0 Å². The van der Waals surface area contributed by atoms with E-state index in [1.54, 1.807) is 7.11 Å². The first-order valence-electron chi connectivity index (χ1n) is 7.53. The van der Waals surface area contributed by atoms with Crippen molar-refractivity contribution < 1.29 is 9.57 Å². The summed E-state index contributed by atoms with van der Waals surface area (Å²) < 4.78 is 5.22. The lowest BCUT2D eigenvalue weighted by atomic mass is 10.2. The number of ether oxygens (including phenoxy) is 1. The van der Waals surface area contributed by atoms with Gasteiger partial charge in [0, 0.05) is 0 Å². The molecule has 0 aliphatic carbocycles. The first kappa shape index (κ1) is 15.1. The van der Waals surface area contributed by atoms with Gasteiger partial charge < -0.3 is 4.74 Å². The minimum atomic E-state index is 0.502. The van der Waals surface area contributed by atoms with E-state index in [9.17, 15) is 0 Å². The minimum absolute atomic E-state index is 0.502. The number of rotatable bonds is 6. The number of para-hydroxylation sites is 1. The molecule has 3 rings (SSSR count). The second-order valence-electron chi connectivity index (χ2n) is 5.09. The molecule has 116 valence electrons. The van der Waals surface area contributed by atoms with Gasteiger partial charge in [0.25, 0.3) is 0 Å². The molecule has 0 bridgehead atoms. The summed E-state index contributed by atoms with van der Waals surface area (Å²) >= 11 is 0. The first-order chi connectivity index (χ1) is 11.4.